The molecule has 0 aliphatic heterocycles. The molecule has 2 rings (SSSR count). The van der Waals surface area contributed by atoms with Gasteiger partial charge < -0.3 is 9.14 Å². The van der Waals surface area contributed by atoms with Gasteiger partial charge in [0.2, 0.25) is 0 Å². The fraction of sp³-hybridized carbons (Fsp3) is 0.182. The smallest absolute Gasteiger partial charge is 0.339 e. The number of carbonyl (C=O) groups excluding carboxylic acids is 1. The Labute approximate surface area is 81.9 Å². The second-order valence-electron chi connectivity index (χ2n) is 3.20. The Morgan fingerprint density at radius 2 is 2.29 bits per heavy atom. The molecule has 0 unspecified atom stereocenters. The molecule has 0 radical (unpaired) electrons. The molecule has 0 spiro atoms. The van der Waals surface area contributed by atoms with Gasteiger partial charge in [-0.1, -0.05) is 6.07 Å². The molecule has 0 fully saturated rings. The summed E-state index contributed by atoms with van der Waals surface area (Å²) in [6.07, 6.45) is 3.68. The molecule has 72 valence electrons. The summed E-state index contributed by atoms with van der Waals surface area (Å²) in [6.45, 7) is 2.01. The Morgan fingerprint density at radius 3 is 2.93 bits per heavy atom. The summed E-state index contributed by atoms with van der Waals surface area (Å²) in [7, 11) is 1.39. The molecule has 0 saturated carbocycles. The van der Waals surface area contributed by atoms with Crippen molar-refractivity contribution in [3.63, 3.8) is 0 Å². The van der Waals surface area contributed by atoms with Crippen LogP contribution in [0.25, 0.3) is 5.52 Å². The zero-order valence-corrected chi connectivity index (χ0v) is 8.15. The lowest BCUT2D eigenvalue weighted by molar-refractivity contribution is 0.0601. The maximum Gasteiger partial charge on any atom is 0.339 e. The summed E-state index contributed by atoms with van der Waals surface area (Å²) in [6, 6.07) is 5.79. The van der Waals surface area contributed by atoms with Crippen molar-refractivity contribution in [2.75, 3.05) is 7.11 Å². The van der Waals surface area contributed by atoms with Crippen LogP contribution in [0.5, 0.6) is 0 Å². The number of pyridine rings is 1. The van der Waals surface area contributed by atoms with E-state index in [2.05, 4.69) is 4.74 Å². The first-order chi connectivity index (χ1) is 6.72. The highest BCUT2D eigenvalue weighted by Crippen LogP contribution is 2.14. The predicted octanol–water partition coefficient (Wildman–Crippen LogP) is 2.03. The molecule has 0 amide bonds. The van der Waals surface area contributed by atoms with E-state index < -0.39 is 0 Å². The maximum atomic E-state index is 11.3. The second kappa shape index (κ2) is 3.18. The van der Waals surface area contributed by atoms with Gasteiger partial charge in [-0.05, 0) is 24.6 Å². The third kappa shape index (κ3) is 1.27. The maximum absolute atomic E-state index is 11.3. The van der Waals surface area contributed by atoms with E-state index >= 15 is 0 Å². The number of ether oxygens (including phenoxy) is 1. The van der Waals surface area contributed by atoms with Gasteiger partial charge in [0.25, 0.3) is 0 Å². The van der Waals surface area contributed by atoms with Crippen LogP contribution in [0.4, 0.5) is 0 Å². The van der Waals surface area contributed by atoms with Crippen molar-refractivity contribution in [1.29, 1.82) is 0 Å². The second-order valence-corrected chi connectivity index (χ2v) is 3.20. The summed E-state index contributed by atoms with van der Waals surface area (Å²) in [5.74, 6) is -0.298. The Hall–Kier alpha value is -1.77. The zero-order valence-electron chi connectivity index (χ0n) is 8.15. The first-order valence-electron chi connectivity index (χ1n) is 4.38. The highest BCUT2D eigenvalue weighted by atomic mass is 16.5. The molecule has 0 aromatic carbocycles. The standard InChI is InChI=1S/C11H11NO2/c1-8-4-3-5-12-7-9(6-10(8)12)11(13)14-2/h3-7H,1-2H3. The van der Waals surface area contributed by atoms with Crippen molar-refractivity contribution in [3.8, 4) is 0 Å². The molecule has 0 saturated heterocycles. The van der Waals surface area contributed by atoms with Gasteiger partial charge in [0.05, 0.1) is 12.7 Å². The van der Waals surface area contributed by atoms with Crippen LogP contribution >= 0.6 is 0 Å². The molecule has 2 heterocycles. The average Bonchev–Trinajstić information content (AvgIpc) is 2.62. The number of methoxy groups -OCH3 is 1. The van der Waals surface area contributed by atoms with Crippen molar-refractivity contribution in [1.82, 2.24) is 4.40 Å². The van der Waals surface area contributed by atoms with Crippen molar-refractivity contribution in [2.24, 2.45) is 0 Å². The molecular weight excluding hydrogens is 178 g/mol. The van der Waals surface area contributed by atoms with E-state index in [9.17, 15) is 4.79 Å². The third-order valence-electron chi connectivity index (χ3n) is 2.27. The van der Waals surface area contributed by atoms with E-state index in [0.29, 0.717) is 5.56 Å². The largest absolute Gasteiger partial charge is 0.465 e. The zero-order chi connectivity index (χ0) is 10.1. The van der Waals surface area contributed by atoms with Gasteiger partial charge in [-0.2, -0.15) is 0 Å². The first-order valence-corrected chi connectivity index (χ1v) is 4.38. The van der Waals surface area contributed by atoms with Crippen LogP contribution in [0.3, 0.4) is 0 Å². The first kappa shape index (κ1) is 8.81. The van der Waals surface area contributed by atoms with Crippen LogP contribution in [0, 0.1) is 6.92 Å². The number of carbonyl (C=O) groups is 1. The average molecular weight is 189 g/mol. The Kier molecular flexibility index (Phi) is 2.00. The van der Waals surface area contributed by atoms with Crippen LogP contribution in [-0.4, -0.2) is 17.5 Å². The highest BCUT2D eigenvalue weighted by Gasteiger charge is 2.08. The number of fused-ring (bicyclic) bond motifs is 1. The fourth-order valence-electron chi connectivity index (χ4n) is 1.51. The van der Waals surface area contributed by atoms with Crippen LogP contribution < -0.4 is 0 Å². The third-order valence-corrected chi connectivity index (χ3v) is 2.27. The minimum Gasteiger partial charge on any atom is -0.465 e. The molecule has 3 heteroatoms. The molecule has 0 atom stereocenters. The van der Waals surface area contributed by atoms with Gasteiger partial charge >= 0.3 is 5.97 Å². The number of aryl methyl sites for hydroxylation is 1. The SMILES string of the molecule is COC(=O)c1cc2c(C)cccn2c1. The van der Waals surface area contributed by atoms with Gasteiger partial charge in [-0.3, -0.25) is 0 Å². The predicted molar refractivity (Wildman–Crippen MR) is 53.5 cm³/mol. The Morgan fingerprint density at radius 1 is 1.50 bits per heavy atom. The van der Waals surface area contributed by atoms with E-state index in [1.165, 1.54) is 7.11 Å². The van der Waals surface area contributed by atoms with E-state index in [0.717, 1.165) is 11.1 Å². The van der Waals surface area contributed by atoms with Gasteiger partial charge in [0, 0.05) is 17.9 Å². The summed E-state index contributed by atoms with van der Waals surface area (Å²) < 4.78 is 6.57. The summed E-state index contributed by atoms with van der Waals surface area (Å²) >= 11 is 0. The number of rotatable bonds is 1. The van der Waals surface area contributed by atoms with Crippen LogP contribution in [0.15, 0.2) is 30.6 Å². The molecule has 14 heavy (non-hydrogen) atoms. The van der Waals surface area contributed by atoms with Crippen LogP contribution in [0.1, 0.15) is 15.9 Å². The van der Waals surface area contributed by atoms with Gasteiger partial charge in [0.1, 0.15) is 0 Å². The topological polar surface area (TPSA) is 30.7 Å². The monoisotopic (exact) mass is 189 g/mol. The van der Waals surface area contributed by atoms with Gasteiger partial charge in [-0.25, -0.2) is 4.79 Å². The van der Waals surface area contributed by atoms with Crippen LogP contribution in [-0.2, 0) is 4.74 Å². The molecule has 0 aliphatic carbocycles. The summed E-state index contributed by atoms with van der Waals surface area (Å²) in [5.41, 5.74) is 2.76. The number of hydrogen-bond donors (Lipinski definition) is 0. The van der Waals surface area contributed by atoms with Crippen molar-refractivity contribution < 1.29 is 9.53 Å². The number of nitrogens with zero attached hydrogens (tertiary/aromatic N) is 1. The lowest BCUT2D eigenvalue weighted by Gasteiger charge is -1.95. The Balaban J connectivity index is 2.62. The van der Waals surface area contributed by atoms with E-state index in [1.54, 1.807) is 6.20 Å². The molecule has 0 aliphatic rings. The molecule has 0 N–H and O–H groups in total. The molecule has 2 aromatic rings. The highest BCUT2D eigenvalue weighted by molar-refractivity contribution is 5.91. The van der Waals surface area contributed by atoms with Gasteiger partial charge in [-0.15, -0.1) is 0 Å². The Bertz CT molecular complexity index is 485. The normalized spacial score (nSPS) is 10.4. The van der Waals surface area contributed by atoms with Crippen molar-refractivity contribution in [3.05, 3.63) is 41.7 Å². The molecule has 3 nitrogen and oxygen atoms in total. The van der Waals surface area contributed by atoms with Gasteiger partial charge in [0.15, 0.2) is 0 Å². The van der Waals surface area contributed by atoms with E-state index in [1.807, 2.05) is 35.7 Å². The van der Waals surface area contributed by atoms with Crippen molar-refractivity contribution in [2.45, 2.75) is 6.92 Å². The summed E-state index contributed by atoms with van der Waals surface area (Å²) in [4.78, 5) is 11.3. The molecule has 2 aromatic heterocycles. The number of aromatic nitrogens is 1. The number of hydrogen-bond acceptors (Lipinski definition) is 2. The van der Waals surface area contributed by atoms with Crippen molar-refractivity contribution >= 4 is 11.5 Å². The molecular formula is C11H11NO2. The minimum atomic E-state index is -0.298. The quantitative estimate of drug-likeness (QED) is 0.643. The summed E-state index contributed by atoms with van der Waals surface area (Å²) in [5, 5.41) is 0. The molecule has 0 bridgehead atoms. The lowest BCUT2D eigenvalue weighted by Crippen LogP contribution is -1.98. The lowest BCUT2D eigenvalue weighted by atomic mass is 10.2. The van der Waals surface area contributed by atoms with Crippen LogP contribution in [0.2, 0.25) is 0 Å². The fourth-order valence-corrected chi connectivity index (χ4v) is 1.51. The number of esters is 1. The minimum absolute atomic E-state index is 0.298. The van der Waals surface area contributed by atoms with E-state index in [-0.39, 0.29) is 5.97 Å². The van der Waals surface area contributed by atoms with E-state index in [4.69, 9.17) is 0 Å².